The van der Waals surface area contributed by atoms with E-state index < -0.39 is 11.7 Å². The Hall–Kier alpha value is -2.70. The van der Waals surface area contributed by atoms with Crippen molar-refractivity contribution in [2.75, 3.05) is 19.8 Å². The molecule has 0 aliphatic carbocycles. The Balaban J connectivity index is 1.68. The van der Waals surface area contributed by atoms with Crippen LogP contribution in [0.5, 0.6) is 11.5 Å². The molecule has 0 aliphatic rings. The zero-order valence-electron chi connectivity index (χ0n) is 12.7. The summed E-state index contributed by atoms with van der Waals surface area (Å²) >= 11 is 0. The summed E-state index contributed by atoms with van der Waals surface area (Å²) in [5, 5.41) is 2.56. The molecular formula is C17H16F3NO3. The molecule has 1 amide bonds. The lowest BCUT2D eigenvalue weighted by molar-refractivity contribution is -0.137. The van der Waals surface area contributed by atoms with Crippen molar-refractivity contribution in [2.45, 2.75) is 6.18 Å². The van der Waals surface area contributed by atoms with Crippen LogP contribution in [0.25, 0.3) is 0 Å². The number of hydrogen-bond donors (Lipinski definition) is 1. The largest absolute Gasteiger partial charge is 0.492 e. The lowest BCUT2D eigenvalue weighted by atomic mass is 10.2. The molecule has 0 aliphatic heterocycles. The van der Waals surface area contributed by atoms with Gasteiger partial charge < -0.3 is 14.8 Å². The zero-order chi connectivity index (χ0) is 17.4. The number of carbonyl (C=O) groups is 1. The highest BCUT2D eigenvalue weighted by atomic mass is 19.4. The molecule has 128 valence electrons. The number of halogens is 3. The van der Waals surface area contributed by atoms with Gasteiger partial charge in [0.15, 0.2) is 6.61 Å². The average Bonchev–Trinajstić information content (AvgIpc) is 2.57. The van der Waals surface area contributed by atoms with Gasteiger partial charge >= 0.3 is 6.18 Å². The molecule has 0 radical (unpaired) electrons. The van der Waals surface area contributed by atoms with E-state index in [9.17, 15) is 18.0 Å². The normalized spacial score (nSPS) is 11.0. The van der Waals surface area contributed by atoms with E-state index in [0.29, 0.717) is 5.75 Å². The molecule has 0 spiro atoms. The van der Waals surface area contributed by atoms with E-state index in [1.165, 1.54) is 12.1 Å². The van der Waals surface area contributed by atoms with Crippen LogP contribution in [0.2, 0.25) is 0 Å². The molecule has 0 fully saturated rings. The molecule has 0 saturated carbocycles. The van der Waals surface area contributed by atoms with Gasteiger partial charge in [-0.25, -0.2) is 0 Å². The van der Waals surface area contributed by atoms with E-state index >= 15 is 0 Å². The van der Waals surface area contributed by atoms with E-state index in [2.05, 4.69) is 5.32 Å². The predicted octanol–water partition coefficient (Wildman–Crippen LogP) is 3.28. The predicted molar refractivity (Wildman–Crippen MR) is 81.9 cm³/mol. The van der Waals surface area contributed by atoms with Gasteiger partial charge in [-0.1, -0.05) is 24.3 Å². The van der Waals surface area contributed by atoms with Crippen molar-refractivity contribution in [1.82, 2.24) is 5.32 Å². The van der Waals surface area contributed by atoms with Gasteiger partial charge in [0.05, 0.1) is 12.1 Å². The van der Waals surface area contributed by atoms with Gasteiger partial charge in [-0.05, 0) is 30.3 Å². The van der Waals surface area contributed by atoms with E-state index in [0.717, 1.165) is 12.1 Å². The van der Waals surface area contributed by atoms with Crippen molar-refractivity contribution in [3.63, 3.8) is 0 Å². The lowest BCUT2D eigenvalue weighted by Crippen LogP contribution is -2.32. The molecule has 7 heteroatoms. The van der Waals surface area contributed by atoms with E-state index in [-0.39, 0.29) is 31.4 Å². The van der Waals surface area contributed by atoms with Crippen LogP contribution in [0.3, 0.4) is 0 Å². The second-order valence-electron chi connectivity index (χ2n) is 4.83. The summed E-state index contributed by atoms with van der Waals surface area (Å²) < 4.78 is 48.1. The summed E-state index contributed by atoms with van der Waals surface area (Å²) in [4.78, 5) is 11.6. The van der Waals surface area contributed by atoms with Gasteiger partial charge in [0.1, 0.15) is 18.1 Å². The minimum atomic E-state index is -4.41. The van der Waals surface area contributed by atoms with Gasteiger partial charge in [-0.3, -0.25) is 4.79 Å². The number of hydrogen-bond acceptors (Lipinski definition) is 3. The third-order valence-corrected chi connectivity index (χ3v) is 2.97. The minimum absolute atomic E-state index is 0.0540. The maximum Gasteiger partial charge on any atom is 0.416 e. The van der Waals surface area contributed by atoms with Gasteiger partial charge in [0, 0.05) is 0 Å². The number of amides is 1. The first-order chi connectivity index (χ1) is 11.4. The fourth-order valence-corrected chi connectivity index (χ4v) is 1.84. The van der Waals surface area contributed by atoms with Crippen LogP contribution < -0.4 is 14.8 Å². The summed E-state index contributed by atoms with van der Waals surface area (Å²) in [5.74, 6) is 0.332. The number of nitrogens with one attached hydrogen (secondary N) is 1. The summed E-state index contributed by atoms with van der Waals surface area (Å²) in [5.41, 5.74) is -0.778. The van der Waals surface area contributed by atoms with Crippen LogP contribution in [-0.2, 0) is 11.0 Å². The van der Waals surface area contributed by atoms with E-state index in [1.807, 2.05) is 6.07 Å². The highest BCUT2D eigenvalue weighted by molar-refractivity contribution is 5.77. The molecule has 1 N–H and O–H groups in total. The molecule has 0 unspecified atom stereocenters. The standard InChI is InChI=1S/C17H16F3NO3/c18-17(19,20)13-5-4-8-15(11-13)23-10-9-21-16(22)12-24-14-6-2-1-3-7-14/h1-8,11H,9-10,12H2,(H,21,22). The minimum Gasteiger partial charge on any atom is -0.492 e. The summed E-state index contributed by atoms with van der Waals surface area (Å²) in [6.45, 7) is 0.0686. The smallest absolute Gasteiger partial charge is 0.416 e. The van der Waals surface area contributed by atoms with Crippen molar-refractivity contribution in [3.8, 4) is 11.5 Å². The fraction of sp³-hybridized carbons (Fsp3) is 0.235. The van der Waals surface area contributed by atoms with Crippen molar-refractivity contribution in [2.24, 2.45) is 0 Å². The average molecular weight is 339 g/mol. The monoisotopic (exact) mass is 339 g/mol. The van der Waals surface area contributed by atoms with Crippen LogP contribution in [0.4, 0.5) is 13.2 Å². The van der Waals surface area contributed by atoms with Crippen molar-refractivity contribution >= 4 is 5.91 Å². The Morgan fingerprint density at radius 2 is 1.67 bits per heavy atom. The quantitative estimate of drug-likeness (QED) is 0.788. The third kappa shape index (κ3) is 5.83. The van der Waals surface area contributed by atoms with Crippen LogP contribution >= 0.6 is 0 Å². The number of para-hydroxylation sites is 1. The first-order valence-electron chi connectivity index (χ1n) is 7.20. The molecular weight excluding hydrogens is 323 g/mol. The van der Waals surface area contributed by atoms with E-state index in [4.69, 9.17) is 9.47 Å². The Morgan fingerprint density at radius 1 is 0.958 bits per heavy atom. The second-order valence-corrected chi connectivity index (χ2v) is 4.83. The van der Waals surface area contributed by atoms with Gasteiger partial charge in [-0.2, -0.15) is 13.2 Å². The Kier molecular flexibility index (Phi) is 6.06. The fourth-order valence-electron chi connectivity index (χ4n) is 1.84. The van der Waals surface area contributed by atoms with Crippen LogP contribution in [0, 0.1) is 0 Å². The number of benzene rings is 2. The summed E-state index contributed by atoms with van der Waals surface area (Å²) in [6, 6.07) is 13.4. The molecule has 2 aromatic carbocycles. The Morgan fingerprint density at radius 3 is 2.38 bits per heavy atom. The molecule has 2 rings (SSSR count). The van der Waals surface area contributed by atoms with Gasteiger partial charge in [-0.15, -0.1) is 0 Å². The Labute approximate surface area is 137 Å². The molecule has 0 saturated heterocycles. The highest BCUT2D eigenvalue weighted by Crippen LogP contribution is 2.31. The highest BCUT2D eigenvalue weighted by Gasteiger charge is 2.30. The molecule has 0 heterocycles. The molecule has 4 nitrogen and oxygen atoms in total. The molecule has 2 aromatic rings. The SMILES string of the molecule is O=C(COc1ccccc1)NCCOc1cccc(C(F)(F)F)c1. The Bertz CT molecular complexity index is 660. The summed E-state index contributed by atoms with van der Waals surface area (Å²) in [7, 11) is 0. The lowest BCUT2D eigenvalue weighted by Gasteiger charge is -2.11. The number of ether oxygens (including phenoxy) is 2. The van der Waals surface area contributed by atoms with Crippen LogP contribution in [0.15, 0.2) is 54.6 Å². The zero-order valence-corrected chi connectivity index (χ0v) is 12.7. The number of rotatable bonds is 7. The number of alkyl halides is 3. The van der Waals surface area contributed by atoms with Crippen LogP contribution in [0.1, 0.15) is 5.56 Å². The number of carbonyl (C=O) groups excluding carboxylic acids is 1. The molecule has 0 aromatic heterocycles. The topological polar surface area (TPSA) is 47.6 Å². The maximum absolute atomic E-state index is 12.6. The van der Waals surface area contributed by atoms with Gasteiger partial charge in [0.25, 0.3) is 5.91 Å². The van der Waals surface area contributed by atoms with Crippen molar-refractivity contribution in [3.05, 3.63) is 60.2 Å². The van der Waals surface area contributed by atoms with Crippen molar-refractivity contribution < 1.29 is 27.4 Å². The molecule has 24 heavy (non-hydrogen) atoms. The van der Waals surface area contributed by atoms with Crippen LogP contribution in [-0.4, -0.2) is 25.7 Å². The maximum atomic E-state index is 12.6. The molecule has 0 bridgehead atoms. The van der Waals surface area contributed by atoms with Gasteiger partial charge in [0.2, 0.25) is 0 Å². The first-order valence-corrected chi connectivity index (χ1v) is 7.20. The van der Waals surface area contributed by atoms with E-state index in [1.54, 1.807) is 24.3 Å². The van der Waals surface area contributed by atoms with Crippen molar-refractivity contribution in [1.29, 1.82) is 0 Å². The second kappa shape index (κ2) is 8.24. The molecule has 0 atom stereocenters. The summed E-state index contributed by atoms with van der Waals surface area (Å²) in [6.07, 6.45) is -4.41. The third-order valence-electron chi connectivity index (χ3n) is 2.97. The first kappa shape index (κ1) is 17.7.